The molecule has 0 saturated heterocycles. The second-order valence-electron chi connectivity index (χ2n) is 8.92. The zero-order valence-electron chi connectivity index (χ0n) is 20.0. The third-order valence-electron chi connectivity index (χ3n) is 6.50. The number of hydrazone groups is 1. The third-order valence-corrected chi connectivity index (χ3v) is 6.50. The van der Waals surface area contributed by atoms with Crippen molar-refractivity contribution < 1.29 is 19.1 Å². The zero-order valence-corrected chi connectivity index (χ0v) is 20.0. The van der Waals surface area contributed by atoms with Crippen molar-refractivity contribution in [2.24, 2.45) is 11.0 Å². The Bertz CT molecular complexity index is 1260. The Morgan fingerprint density at radius 2 is 1.56 bits per heavy atom. The van der Waals surface area contributed by atoms with Gasteiger partial charge < -0.3 is 9.47 Å². The highest BCUT2D eigenvalue weighted by Gasteiger charge is 2.43. The summed E-state index contributed by atoms with van der Waals surface area (Å²) in [5.74, 6) is -0.287. The van der Waals surface area contributed by atoms with Crippen LogP contribution < -0.4 is 4.74 Å². The Kier molecular flexibility index (Phi) is 7.22. The van der Waals surface area contributed by atoms with Crippen molar-refractivity contribution in [1.29, 1.82) is 0 Å². The number of nitrogens with zero attached hydrogens (tertiary/aromatic N) is 2. The highest BCUT2D eigenvalue weighted by Crippen LogP contribution is 2.44. The highest BCUT2D eigenvalue weighted by molar-refractivity contribution is 6.08. The van der Waals surface area contributed by atoms with Crippen LogP contribution in [0.5, 0.6) is 5.75 Å². The van der Waals surface area contributed by atoms with E-state index in [1.165, 1.54) is 5.01 Å². The molecule has 1 amide bonds. The minimum atomic E-state index is -0.600. The Morgan fingerprint density at radius 1 is 0.889 bits per heavy atom. The number of esters is 1. The monoisotopic (exact) mass is 480 g/mol. The van der Waals surface area contributed by atoms with Crippen molar-refractivity contribution in [3.05, 3.63) is 108 Å². The molecule has 2 aliphatic rings. The second kappa shape index (κ2) is 11.0. The lowest BCUT2D eigenvalue weighted by molar-refractivity contribution is -0.154. The molecule has 5 rings (SSSR count). The minimum Gasteiger partial charge on any atom is -0.482 e. The summed E-state index contributed by atoms with van der Waals surface area (Å²) in [6.07, 6.45) is 5.06. The normalized spacial score (nSPS) is 19.9. The van der Waals surface area contributed by atoms with E-state index in [1.54, 1.807) is 12.1 Å². The maximum absolute atomic E-state index is 13.3. The summed E-state index contributed by atoms with van der Waals surface area (Å²) in [5.41, 5.74) is 4.24. The zero-order chi connectivity index (χ0) is 24.7. The van der Waals surface area contributed by atoms with Gasteiger partial charge in [0.2, 0.25) is 0 Å². The van der Waals surface area contributed by atoms with Crippen molar-refractivity contribution >= 4 is 23.7 Å². The van der Waals surface area contributed by atoms with Gasteiger partial charge in [0.05, 0.1) is 11.8 Å². The van der Waals surface area contributed by atoms with Gasteiger partial charge in [-0.2, -0.15) is 5.10 Å². The fourth-order valence-electron chi connectivity index (χ4n) is 4.85. The quantitative estimate of drug-likeness (QED) is 0.423. The first-order chi connectivity index (χ1) is 17.7. The molecule has 0 bridgehead atoms. The van der Waals surface area contributed by atoms with Crippen LogP contribution in [0.2, 0.25) is 0 Å². The molecule has 2 unspecified atom stereocenters. The molecule has 6 nitrogen and oxygen atoms in total. The van der Waals surface area contributed by atoms with E-state index in [1.807, 2.05) is 66.7 Å². The van der Waals surface area contributed by atoms with E-state index in [-0.39, 0.29) is 31.1 Å². The van der Waals surface area contributed by atoms with Crippen molar-refractivity contribution in [1.82, 2.24) is 5.01 Å². The third kappa shape index (κ3) is 5.38. The molecule has 1 aliphatic carbocycles. The maximum atomic E-state index is 13.3. The number of allylic oxidation sites excluding steroid dienone is 1. The Balaban J connectivity index is 1.33. The summed E-state index contributed by atoms with van der Waals surface area (Å²) in [4.78, 5) is 25.5. The largest absolute Gasteiger partial charge is 0.482 e. The molecule has 1 fully saturated rings. The lowest BCUT2D eigenvalue weighted by Gasteiger charge is -2.29. The average Bonchev–Trinajstić information content (AvgIpc) is 3.33. The van der Waals surface area contributed by atoms with E-state index >= 15 is 0 Å². The fraction of sp³-hybridized carbons (Fsp3) is 0.233. The summed E-state index contributed by atoms with van der Waals surface area (Å²) < 4.78 is 10.7. The van der Waals surface area contributed by atoms with Crippen LogP contribution in [0.1, 0.15) is 36.4 Å². The van der Waals surface area contributed by atoms with E-state index in [9.17, 15) is 9.59 Å². The van der Waals surface area contributed by atoms with Gasteiger partial charge in [-0.15, -0.1) is 0 Å². The second-order valence-corrected chi connectivity index (χ2v) is 8.92. The number of amides is 1. The van der Waals surface area contributed by atoms with Crippen LogP contribution in [-0.4, -0.2) is 35.8 Å². The van der Waals surface area contributed by atoms with E-state index < -0.39 is 5.97 Å². The minimum absolute atomic E-state index is 0.0946. The Morgan fingerprint density at radius 3 is 2.28 bits per heavy atom. The number of rotatable bonds is 7. The van der Waals surface area contributed by atoms with Crippen LogP contribution in [-0.2, 0) is 14.3 Å². The lowest BCUT2D eigenvalue weighted by Crippen LogP contribution is -2.35. The van der Waals surface area contributed by atoms with E-state index in [2.05, 4.69) is 18.2 Å². The number of carbonyl (C=O) groups excluding carboxylic acids is 2. The molecular formula is C30H28N2O4. The van der Waals surface area contributed by atoms with Gasteiger partial charge in [-0.25, -0.2) is 9.80 Å². The van der Waals surface area contributed by atoms with Crippen LogP contribution >= 0.6 is 0 Å². The molecule has 182 valence electrons. The predicted molar refractivity (Wildman–Crippen MR) is 138 cm³/mol. The average molecular weight is 481 g/mol. The van der Waals surface area contributed by atoms with Gasteiger partial charge in [-0.1, -0.05) is 78.9 Å². The SMILES string of the molecule is O=C(COc1ccccc1)OCC(=O)N1N=C2C(=Cc3ccccc3)CCCC2C1c1ccccc1. The van der Waals surface area contributed by atoms with E-state index in [4.69, 9.17) is 14.6 Å². The Hall–Kier alpha value is -4.19. The smallest absolute Gasteiger partial charge is 0.344 e. The van der Waals surface area contributed by atoms with Gasteiger partial charge in [0.1, 0.15) is 5.75 Å². The van der Waals surface area contributed by atoms with Crippen molar-refractivity contribution in [2.45, 2.75) is 25.3 Å². The van der Waals surface area contributed by atoms with Crippen molar-refractivity contribution in [3.63, 3.8) is 0 Å². The summed E-state index contributed by atoms with van der Waals surface area (Å²) in [7, 11) is 0. The van der Waals surface area contributed by atoms with Gasteiger partial charge >= 0.3 is 5.97 Å². The molecule has 6 heteroatoms. The highest BCUT2D eigenvalue weighted by atomic mass is 16.6. The van der Waals surface area contributed by atoms with E-state index in [0.717, 1.165) is 41.7 Å². The number of para-hydroxylation sites is 1. The van der Waals surface area contributed by atoms with Gasteiger partial charge in [0.25, 0.3) is 5.91 Å². The molecule has 0 N–H and O–H groups in total. The molecule has 0 aromatic heterocycles. The first-order valence-electron chi connectivity index (χ1n) is 12.2. The number of benzene rings is 3. The topological polar surface area (TPSA) is 68.2 Å². The van der Waals surface area contributed by atoms with Gasteiger partial charge in [0.15, 0.2) is 13.2 Å². The van der Waals surface area contributed by atoms with Crippen LogP contribution in [0.15, 0.2) is 102 Å². The lowest BCUT2D eigenvalue weighted by atomic mass is 9.77. The number of ether oxygens (including phenoxy) is 2. The molecule has 0 radical (unpaired) electrons. The van der Waals surface area contributed by atoms with Crippen LogP contribution in [0.4, 0.5) is 0 Å². The first kappa shape index (κ1) is 23.5. The molecule has 1 aliphatic heterocycles. The molecular weight excluding hydrogens is 452 g/mol. The molecule has 1 heterocycles. The molecule has 0 spiro atoms. The van der Waals surface area contributed by atoms with Gasteiger partial charge in [-0.3, -0.25) is 4.79 Å². The molecule has 36 heavy (non-hydrogen) atoms. The van der Waals surface area contributed by atoms with Crippen LogP contribution in [0, 0.1) is 5.92 Å². The summed E-state index contributed by atoms with van der Waals surface area (Å²) in [6.45, 7) is -0.651. The van der Waals surface area contributed by atoms with Crippen LogP contribution in [0.3, 0.4) is 0 Å². The predicted octanol–water partition coefficient (Wildman–Crippen LogP) is 5.43. The first-order valence-corrected chi connectivity index (χ1v) is 12.2. The number of hydrogen-bond donors (Lipinski definition) is 0. The summed E-state index contributed by atoms with van der Waals surface area (Å²) in [6, 6.07) is 28.9. The summed E-state index contributed by atoms with van der Waals surface area (Å²) >= 11 is 0. The van der Waals surface area contributed by atoms with Crippen molar-refractivity contribution in [2.75, 3.05) is 13.2 Å². The summed E-state index contributed by atoms with van der Waals surface area (Å²) in [5, 5.41) is 6.35. The van der Waals surface area contributed by atoms with Gasteiger partial charge in [-0.05, 0) is 54.2 Å². The van der Waals surface area contributed by atoms with Crippen LogP contribution in [0.25, 0.3) is 6.08 Å². The number of hydrogen-bond acceptors (Lipinski definition) is 5. The molecule has 3 aromatic carbocycles. The number of fused-ring (bicyclic) bond motifs is 1. The maximum Gasteiger partial charge on any atom is 0.344 e. The standard InChI is InChI=1S/C30H28N2O4/c33-27(20-36-28(34)21-35-25-16-8-3-9-17-25)32-30(23-13-6-2-7-14-23)26-18-10-15-24(29(26)31-32)19-22-11-4-1-5-12-22/h1-9,11-14,16-17,19,26,30H,10,15,18,20-21H2. The van der Waals surface area contributed by atoms with Gasteiger partial charge in [0, 0.05) is 5.92 Å². The Labute approximate surface area is 210 Å². The van der Waals surface area contributed by atoms with E-state index in [0.29, 0.717) is 5.75 Å². The van der Waals surface area contributed by atoms with Crippen molar-refractivity contribution in [3.8, 4) is 5.75 Å². The molecule has 2 atom stereocenters. The molecule has 3 aromatic rings. The number of carbonyl (C=O) groups is 2. The fourth-order valence-corrected chi connectivity index (χ4v) is 4.85. The molecule has 1 saturated carbocycles.